The minimum absolute atomic E-state index is 0.0564. The number of carbonyl (C=O) groups excluding carboxylic acids is 1. The Balaban J connectivity index is 2.07. The molecular weight excluding hydrogens is 220 g/mol. The van der Waals surface area contributed by atoms with Crippen molar-refractivity contribution in [1.29, 1.82) is 0 Å². The van der Waals surface area contributed by atoms with Crippen molar-refractivity contribution < 1.29 is 4.79 Å². The first kappa shape index (κ1) is 11.1. The molecule has 4 heteroatoms. The molecule has 0 bridgehead atoms. The number of aromatic nitrogens is 1. The summed E-state index contributed by atoms with van der Waals surface area (Å²) in [5.74, 6) is 0.0564. The number of para-hydroxylation sites is 1. The molecule has 0 aliphatic carbocycles. The molecule has 0 radical (unpaired) electrons. The van der Waals surface area contributed by atoms with Crippen LogP contribution in [0.5, 0.6) is 0 Å². The summed E-state index contributed by atoms with van der Waals surface area (Å²) in [5, 5.41) is 3.53. The number of carbonyl (C=O) groups is 1. The second-order valence-corrected chi connectivity index (χ2v) is 4.67. The third-order valence-electron chi connectivity index (χ3n) is 2.30. The van der Waals surface area contributed by atoms with Crippen LogP contribution in [-0.2, 0) is 4.79 Å². The van der Waals surface area contributed by atoms with E-state index in [0.717, 1.165) is 23.1 Å². The molecule has 0 unspecified atom stereocenters. The molecule has 0 saturated carbocycles. The highest BCUT2D eigenvalue weighted by Crippen LogP contribution is 2.25. The summed E-state index contributed by atoms with van der Waals surface area (Å²) in [4.78, 5) is 15.9. The van der Waals surface area contributed by atoms with Crippen molar-refractivity contribution in [1.82, 2.24) is 4.98 Å². The number of hydrogen-bond donors (Lipinski definition) is 1. The Morgan fingerprint density at radius 2 is 2.25 bits per heavy atom. The number of nitrogens with zero attached hydrogens (tertiary/aromatic N) is 1. The highest BCUT2D eigenvalue weighted by molar-refractivity contribution is 7.22. The average molecular weight is 234 g/mol. The van der Waals surface area contributed by atoms with Crippen LogP contribution < -0.4 is 5.32 Å². The van der Waals surface area contributed by atoms with Crippen molar-refractivity contribution in [2.75, 3.05) is 5.32 Å². The highest BCUT2D eigenvalue weighted by Gasteiger charge is 2.06. The second-order valence-electron chi connectivity index (χ2n) is 3.64. The lowest BCUT2D eigenvalue weighted by atomic mass is 10.2. The van der Waals surface area contributed by atoms with Crippen molar-refractivity contribution in [2.45, 2.75) is 26.2 Å². The Morgan fingerprint density at radius 3 is 3.00 bits per heavy atom. The molecule has 0 fully saturated rings. The topological polar surface area (TPSA) is 42.0 Å². The van der Waals surface area contributed by atoms with Gasteiger partial charge in [0, 0.05) is 6.42 Å². The largest absolute Gasteiger partial charge is 0.302 e. The van der Waals surface area contributed by atoms with Gasteiger partial charge in [0.2, 0.25) is 5.91 Å². The van der Waals surface area contributed by atoms with Crippen molar-refractivity contribution in [3.63, 3.8) is 0 Å². The third kappa shape index (κ3) is 2.58. The molecule has 0 atom stereocenters. The highest BCUT2D eigenvalue weighted by atomic mass is 32.1. The minimum Gasteiger partial charge on any atom is -0.302 e. The smallest absolute Gasteiger partial charge is 0.226 e. The number of thiazole rings is 1. The van der Waals surface area contributed by atoms with Gasteiger partial charge in [-0.2, -0.15) is 0 Å². The SMILES string of the molecule is CCCCC(=O)Nc1nc2ccccc2s1. The van der Waals surface area contributed by atoms with Gasteiger partial charge in [0.05, 0.1) is 10.2 Å². The summed E-state index contributed by atoms with van der Waals surface area (Å²) in [6.45, 7) is 2.07. The predicted molar refractivity (Wildman–Crippen MR) is 67.8 cm³/mol. The lowest BCUT2D eigenvalue weighted by Gasteiger charge is -1.98. The van der Waals surface area contributed by atoms with Crippen LogP contribution in [0.25, 0.3) is 10.2 Å². The van der Waals surface area contributed by atoms with Gasteiger partial charge in [-0.25, -0.2) is 4.98 Å². The molecule has 0 spiro atoms. The lowest BCUT2D eigenvalue weighted by molar-refractivity contribution is -0.116. The molecule has 0 saturated heterocycles. The van der Waals surface area contributed by atoms with E-state index in [9.17, 15) is 4.79 Å². The summed E-state index contributed by atoms with van der Waals surface area (Å²) >= 11 is 1.52. The minimum atomic E-state index is 0.0564. The molecule has 0 aliphatic heterocycles. The van der Waals surface area contributed by atoms with Crippen LogP contribution in [-0.4, -0.2) is 10.9 Å². The molecule has 1 amide bonds. The second kappa shape index (κ2) is 5.07. The van der Waals surface area contributed by atoms with E-state index < -0.39 is 0 Å². The van der Waals surface area contributed by atoms with Gasteiger partial charge >= 0.3 is 0 Å². The van der Waals surface area contributed by atoms with E-state index in [0.29, 0.717) is 11.6 Å². The summed E-state index contributed by atoms with van der Waals surface area (Å²) in [7, 11) is 0. The average Bonchev–Trinajstić information content (AvgIpc) is 2.68. The maximum absolute atomic E-state index is 11.5. The van der Waals surface area contributed by atoms with Crippen LogP contribution in [0.4, 0.5) is 5.13 Å². The zero-order valence-electron chi connectivity index (χ0n) is 9.19. The Morgan fingerprint density at radius 1 is 1.44 bits per heavy atom. The number of amides is 1. The van der Waals surface area contributed by atoms with Gasteiger partial charge in [0.1, 0.15) is 0 Å². The van der Waals surface area contributed by atoms with Gasteiger partial charge in [-0.3, -0.25) is 4.79 Å². The first-order valence-electron chi connectivity index (χ1n) is 5.45. The van der Waals surface area contributed by atoms with Gasteiger partial charge in [0.25, 0.3) is 0 Å². The number of benzene rings is 1. The predicted octanol–water partition coefficient (Wildman–Crippen LogP) is 3.43. The van der Waals surface area contributed by atoms with Gasteiger partial charge in [-0.15, -0.1) is 0 Å². The molecule has 84 valence electrons. The summed E-state index contributed by atoms with van der Waals surface area (Å²) in [5.41, 5.74) is 0.943. The Bertz CT molecular complexity index is 459. The summed E-state index contributed by atoms with van der Waals surface area (Å²) < 4.78 is 1.10. The molecule has 1 heterocycles. The van der Waals surface area contributed by atoms with Crippen LogP contribution in [0.3, 0.4) is 0 Å². The fourth-order valence-corrected chi connectivity index (χ4v) is 2.33. The first-order chi connectivity index (χ1) is 7.79. The van der Waals surface area contributed by atoms with E-state index >= 15 is 0 Å². The number of unbranched alkanes of at least 4 members (excludes halogenated alkanes) is 1. The number of fused-ring (bicyclic) bond motifs is 1. The molecule has 1 aromatic carbocycles. The maximum atomic E-state index is 11.5. The first-order valence-corrected chi connectivity index (χ1v) is 6.26. The third-order valence-corrected chi connectivity index (χ3v) is 3.25. The zero-order valence-corrected chi connectivity index (χ0v) is 10.0. The number of rotatable bonds is 4. The molecule has 16 heavy (non-hydrogen) atoms. The van der Waals surface area contributed by atoms with Crippen molar-refractivity contribution in [3.05, 3.63) is 24.3 Å². The molecule has 2 aromatic rings. The van der Waals surface area contributed by atoms with Crippen LogP contribution in [0.15, 0.2) is 24.3 Å². The quantitative estimate of drug-likeness (QED) is 0.880. The fraction of sp³-hybridized carbons (Fsp3) is 0.333. The standard InChI is InChI=1S/C12H14N2OS/c1-2-3-8-11(15)14-12-13-9-6-4-5-7-10(9)16-12/h4-7H,2-3,8H2,1H3,(H,13,14,15). The molecule has 2 rings (SSSR count). The van der Waals surface area contributed by atoms with Crippen molar-refractivity contribution >= 4 is 32.6 Å². The Labute approximate surface area is 98.5 Å². The fourth-order valence-electron chi connectivity index (χ4n) is 1.44. The van der Waals surface area contributed by atoms with E-state index in [4.69, 9.17) is 0 Å². The lowest BCUT2D eigenvalue weighted by Crippen LogP contribution is -2.10. The molecule has 0 aliphatic rings. The monoisotopic (exact) mass is 234 g/mol. The summed E-state index contributed by atoms with van der Waals surface area (Å²) in [6.07, 6.45) is 2.54. The van der Waals surface area contributed by atoms with Crippen molar-refractivity contribution in [2.24, 2.45) is 0 Å². The molecule has 3 nitrogen and oxygen atoms in total. The van der Waals surface area contributed by atoms with Gasteiger partial charge in [-0.1, -0.05) is 36.8 Å². The Kier molecular flexibility index (Phi) is 3.51. The van der Waals surface area contributed by atoms with E-state index in [1.807, 2.05) is 24.3 Å². The van der Waals surface area contributed by atoms with Gasteiger partial charge < -0.3 is 5.32 Å². The van der Waals surface area contributed by atoms with Crippen molar-refractivity contribution in [3.8, 4) is 0 Å². The molecule has 1 N–H and O–H groups in total. The maximum Gasteiger partial charge on any atom is 0.226 e. The van der Waals surface area contributed by atoms with Crippen LogP contribution in [0, 0.1) is 0 Å². The molecular formula is C12H14N2OS. The normalized spacial score (nSPS) is 10.6. The zero-order chi connectivity index (χ0) is 11.4. The van der Waals surface area contributed by atoms with E-state index in [1.165, 1.54) is 11.3 Å². The van der Waals surface area contributed by atoms with Gasteiger partial charge in [-0.05, 0) is 18.6 Å². The Hall–Kier alpha value is -1.42. The number of anilines is 1. The van der Waals surface area contributed by atoms with E-state index in [1.54, 1.807) is 0 Å². The number of hydrogen-bond acceptors (Lipinski definition) is 3. The van der Waals surface area contributed by atoms with Crippen LogP contribution in [0.2, 0.25) is 0 Å². The number of nitrogens with one attached hydrogen (secondary N) is 1. The van der Waals surface area contributed by atoms with E-state index in [-0.39, 0.29) is 5.91 Å². The van der Waals surface area contributed by atoms with Crippen LogP contribution in [0.1, 0.15) is 26.2 Å². The molecule has 1 aromatic heterocycles. The van der Waals surface area contributed by atoms with Crippen LogP contribution >= 0.6 is 11.3 Å². The summed E-state index contributed by atoms with van der Waals surface area (Å²) in [6, 6.07) is 7.89. The van der Waals surface area contributed by atoms with Gasteiger partial charge in [0.15, 0.2) is 5.13 Å². The van der Waals surface area contributed by atoms with E-state index in [2.05, 4.69) is 17.2 Å².